The Morgan fingerprint density at radius 3 is 2.46 bits per heavy atom. The van der Waals surface area contributed by atoms with Gasteiger partial charge in [0.05, 0.1) is 0 Å². The molecule has 0 N–H and O–H groups in total. The van der Waals surface area contributed by atoms with E-state index in [4.69, 9.17) is 0 Å². The number of hydrogen-bond acceptors (Lipinski definition) is 0. The summed E-state index contributed by atoms with van der Waals surface area (Å²) in [4.78, 5) is 0. The molecule has 26 heavy (non-hydrogen) atoms. The monoisotopic (exact) mass is 458 g/mol. The van der Waals surface area contributed by atoms with Crippen LogP contribution in [0.3, 0.4) is 0 Å². The van der Waals surface area contributed by atoms with E-state index in [1.807, 2.05) is 0 Å². The minimum Gasteiger partial charge on any atom is -0.0848 e. The van der Waals surface area contributed by atoms with Gasteiger partial charge in [-0.2, -0.15) is 0 Å². The van der Waals surface area contributed by atoms with E-state index in [-0.39, 0.29) is 0 Å². The number of halogens is 1. The predicted octanol–water partition coefficient (Wildman–Crippen LogP) is 7.05. The molecule has 7 atom stereocenters. The standard InChI is InChI=1S/C25H31I/c1-25(2)23-6-4-3-5-21(23)22-12-10-19(15-24(22)25)16-7-8-18-14-20(26)11-9-17(18)13-16/h3-9,11,16-20,22,24H,10,12-15H2,1-2H3/t16?,17?,18?,19-,20?,22?,24?/m1/s1. The Morgan fingerprint density at radius 2 is 1.58 bits per heavy atom. The van der Waals surface area contributed by atoms with Crippen molar-refractivity contribution in [2.45, 2.75) is 61.2 Å². The Hall–Kier alpha value is -0.570. The highest BCUT2D eigenvalue weighted by atomic mass is 127. The Kier molecular flexibility index (Phi) is 4.38. The highest BCUT2D eigenvalue weighted by Crippen LogP contribution is 2.58. The van der Waals surface area contributed by atoms with Crippen molar-refractivity contribution in [2.24, 2.45) is 29.6 Å². The van der Waals surface area contributed by atoms with Gasteiger partial charge in [-0.1, -0.05) is 85.0 Å². The van der Waals surface area contributed by atoms with Crippen molar-refractivity contribution < 1.29 is 0 Å². The molecule has 0 heterocycles. The van der Waals surface area contributed by atoms with E-state index in [0.717, 1.165) is 39.4 Å². The molecule has 4 aliphatic carbocycles. The molecule has 1 aromatic rings. The lowest BCUT2D eigenvalue weighted by Gasteiger charge is -2.43. The summed E-state index contributed by atoms with van der Waals surface area (Å²) in [5.41, 5.74) is 3.65. The highest BCUT2D eigenvalue weighted by Gasteiger charge is 2.49. The number of allylic oxidation sites excluding steroid dienone is 4. The van der Waals surface area contributed by atoms with Crippen LogP contribution in [0.2, 0.25) is 0 Å². The fraction of sp³-hybridized carbons (Fsp3) is 0.600. The summed E-state index contributed by atoms with van der Waals surface area (Å²) in [6.45, 7) is 5.02. The first-order chi connectivity index (χ1) is 12.5. The third-order valence-corrected chi connectivity index (χ3v) is 9.17. The van der Waals surface area contributed by atoms with E-state index in [1.165, 1.54) is 32.1 Å². The fourth-order valence-corrected chi connectivity index (χ4v) is 7.62. The van der Waals surface area contributed by atoms with Gasteiger partial charge < -0.3 is 0 Å². The third kappa shape index (κ3) is 2.75. The second-order valence-corrected chi connectivity index (χ2v) is 11.4. The van der Waals surface area contributed by atoms with E-state index in [1.54, 1.807) is 11.1 Å². The van der Waals surface area contributed by atoms with Crippen LogP contribution < -0.4 is 0 Å². The summed E-state index contributed by atoms with van der Waals surface area (Å²) in [7, 11) is 0. The lowest BCUT2D eigenvalue weighted by Crippen LogP contribution is -2.35. The van der Waals surface area contributed by atoms with Crippen LogP contribution in [0, 0.1) is 29.6 Å². The average molecular weight is 458 g/mol. The van der Waals surface area contributed by atoms with Gasteiger partial charge in [-0.15, -0.1) is 0 Å². The molecule has 1 saturated carbocycles. The molecule has 1 aromatic carbocycles. The van der Waals surface area contributed by atoms with Gasteiger partial charge in [0, 0.05) is 3.92 Å². The molecule has 5 rings (SSSR count). The molecule has 0 amide bonds. The van der Waals surface area contributed by atoms with E-state index in [2.05, 4.69) is 85.0 Å². The van der Waals surface area contributed by atoms with Gasteiger partial charge in [0.2, 0.25) is 0 Å². The Morgan fingerprint density at radius 1 is 0.846 bits per heavy atom. The van der Waals surface area contributed by atoms with Crippen molar-refractivity contribution in [1.29, 1.82) is 0 Å². The lowest BCUT2D eigenvalue weighted by atomic mass is 9.61. The van der Waals surface area contributed by atoms with Crippen LogP contribution in [0.25, 0.3) is 0 Å². The lowest BCUT2D eigenvalue weighted by molar-refractivity contribution is 0.137. The molecule has 4 aliphatic rings. The fourth-order valence-electron chi connectivity index (χ4n) is 6.79. The summed E-state index contributed by atoms with van der Waals surface area (Å²) in [6.07, 6.45) is 17.2. The Bertz CT molecular complexity index is 742. The van der Waals surface area contributed by atoms with Crippen LogP contribution in [0.4, 0.5) is 0 Å². The summed E-state index contributed by atoms with van der Waals surface area (Å²) >= 11 is 2.59. The molecule has 0 radical (unpaired) electrons. The highest BCUT2D eigenvalue weighted by molar-refractivity contribution is 14.1. The Labute approximate surface area is 172 Å². The molecule has 1 heteroatoms. The molecule has 0 bridgehead atoms. The number of benzene rings is 1. The molecule has 138 valence electrons. The van der Waals surface area contributed by atoms with Crippen molar-refractivity contribution in [3.8, 4) is 0 Å². The normalized spacial score (nSPS) is 42.8. The number of rotatable bonds is 1. The molecule has 0 spiro atoms. The zero-order chi connectivity index (χ0) is 17.9. The predicted molar refractivity (Wildman–Crippen MR) is 119 cm³/mol. The maximum absolute atomic E-state index is 2.63. The van der Waals surface area contributed by atoms with Gasteiger partial charge in [-0.25, -0.2) is 0 Å². The minimum absolute atomic E-state index is 0.347. The molecule has 6 unspecified atom stereocenters. The zero-order valence-electron chi connectivity index (χ0n) is 16.1. The molecular formula is C25H31I. The van der Waals surface area contributed by atoms with Gasteiger partial charge in [-0.05, 0) is 84.2 Å². The first-order valence-electron chi connectivity index (χ1n) is 10.6. The van der Waals surface area contributed by atoms with Crippen molar-refractivity contribution in [1.82, 2.24) is 0 Å². The smallest absolute Gasteiger partial charge is 0.0295 e. The topological polar surface area (TPSA) is 0 Å². The number of fused-ring (bicyclic) bond motifs is 4. The largest absolute Gasteiger partial charge is 0.0848 e. The summed E-state index contributed by atoms with van der Waals surface area (Å²) < 4.78 is 0.739. The van der Waals surface area contributed by atoms with E-state index in [0.29, 0.717) is 5.41 Å². The van der Waals surface area contributed by atoms with Crippen LogP contribution in [-0.2, 0) is 5.41 Å². The second-order valence-electron chi connectivity index (χ2n) is 9.84. The quantitative estimate of drug-likeness (QED) is 0.240. The van der Waals surface area contributed by atoms with Crippen molar-refractivity contribution >= 4 is 22.6 Å². The van der Waals surface area contributed by atoms with E-state index < -0.39 is 0 Å². The minimum atomic E-state index is 0.347. The molecule has 0 saturated heterocycles. The molecule has 0 aliphatic heterocycles. The summed E-state index contributed by atoms with van der Waals surface area (Å²) in [6, 6.07) is 9.32. The molecule has 1 fully saturated rings. The summed E-state index contributed by atoms with van der Waals surface area (Å²) in [5.74, 6) is 4.97. The molecular weight excluding hydrogens is 427 g/mol. The SMILES string of the molecule is CC1(C)c2ccccc2C2CC[C@@H](C3C=CC4CC(I)C=CC4C3)CC21. The van der Waals surface area contributed by atoms with E-state index in [9.17, 15) is 0 Å². The van der Waals surface area contributed by atoms with Gasteiger partial charge in [0.15, 0.2) is 0 Å². The number of alkyl halides is 1. The van der Waals surface area contributed by atoms with Crippen molar-refractivity contribution in [3.63, 3.8) is 0 Å². The second kappa shape index (κ2) is 6.50. The van der Waals surface area contributed by atoms with Crippen LogP contribution in [-0.4, -0.2) is 3.92 Å². The van der Waals surface area contributed by atoms with Crippen LogP contribution in [0.15, 0.2) is 48.6 Å². The number of hydrogen-bond donors (Lipinski definition) is 0. The van der Waals surface area contributed by atoms with Gasteiger partial charge in [0.1, 0.15) is 0 Å². The van der Waals surface area contributed by atoms with Gasteiger partial charge in [-0.3, -0.25) is 0 Å². The van der Waals surface area contributed by atoms with Gasteiger partial charge >= 0.3 is 0 Å². The first-order valence-corrected chi connectivity index (χ1v) is 11.9. The van der Waals surface area contributed by atoms with E-state index >= 15 is 0 Å². The van der Waals surface area contributed by atoms with Crippen molar-refractivity contribution in [3.05, 3.63) is 59.7 Å². The van der Waals surface area contributed by atoms with Crippen LogP contribution >= 0.6 is 22.6 Å². The molecule has 0 nitrogen and oxygen atoms in total. The third-order valence-electron chi connectivity index (χ3n) is 8.24. The van der Waals surface area contributed by atoms with Crippen LogP contribution in [0.5, 0.6) is 0 Å². The van der Waals surface area contributed by atoms with Crippen molar-refractivity contribution in [2.75, 3.05) is 0 Å². The molecule has 0 aromatic heterocycles. The first kappa shape index (κ1) is 17.5. The van der Waals surface area contributed by atoms with Gasteiger partial charge in [0.25, 0.3) is 0 Å². The maximum atomic E-state index is 2.63. The average Bonchev–Trinajstić information content (AvgIpc) is 2.89. The maximum Gasteiger partial charge on any atom is 0.0295 e. The summed E-state index contributed by atoms with van der Waals surface area (Å²) in [5, 5.41) is 0. The Balaban J connectivity index is 1.36. The zero-order valence-corrected chi connectivity index (χ0v) is 18.2. The van der Waals surface area contributed by atoms with Crippen LogP contribution in [0.1, 0.15) is 63.0 Å².